The first-order valence-electron chi connectivity index (χ1n) is 6.42. The fraction of sp³-hybridized carbons (Fsp3) is 0.250. The predicted octanol–water partition coefficient (Wildman–Crippen LogP) is 4.33. The number of hydrogen-bond acceptors (Lipinski definition) is 1. The Balaban J connectivity index is 2.39. The third-order valence-electron chi connectivity index (χ3n) is 3.41. The lowest BCUT2D eigenvalue weighted by molar-refractivity contribution is 0.137. The Labute approximate surface area is 115 Å². The maximum atomic E-state index is 13.7. The molecule has 2 aromatic rings. The van der Waals surface area contributed by atoms with Gasteiger partial charge < -0.3 is 5.11 Å². The monoisotopic (exact) mass is 280 g/mol. The van der Waals surface area contributed by atoms with Gasteiger partial charge in [-0.15, -0.1) is 0 Å². The Hall–Kier alpha value is -1.81. The van der Waals surface area contributed by atoms with Gasteiger partial charge in [-0.2, -0.15) is 0 Å². The lowest BCUT2D eigenvalue weighted by Crippen LogP contribution is -2.12. The number of aliphatic hydroxyl groups is 1. The number of benzene rings is 2. The van der Waals surface area contributed by atoms with Crippen LogP contribution in [0.5, 0.6) is 0 Å². The molecule has 0 heterocycles. The fourth-order valence-corrected chi connectivity index (χ4v) is 2.32. The maximum Gasteiger partial charge on any atom is 0.161 e. The molecule has 0 bridgehead atoms. The number of hydrogen-bond donors (Lipinski definition) is 1. The summed E-state index contributed by atoms with van der Waals surface area (Å²) in [5.41, 5.74) is 0.603. The van der Waals surface area contributed by atoms with Crippen LogP contribution < -0.4 is 0 Å². The van der Waals surface area contributed by atoms with Crippen molar-refractivity contribution in [1.82, 2.24) is 0 Å². The van der Waals surface area contributed by atoms with Crippen molar-refractivity contribution < 1.29 is 18.3 Å². The van der Waals surface area contributed by atoms with Crippen molar-refractivity contribution in [3.05, 3.63) is 71.0 Å². The highest BCUT2D eigenvalue weighted by Gasteiger charge is 2.25. The molecule has 4 heteroatoms. The van der Waals surface area contributed by atoms with Gasteiger partial charge >= 0.3 is 0 Å². The molecule has 2 aromatic carbocycles. The average Bonchev–Trinajstić information content (AvgIpc) is 2.44. The highest BCUT2D eigenvalue weighted by atomic mass is 19.2. The summed E-state index contributed by atoms with van der Waals surface area (Å²) in [6.07, 6.45) is -0.679. The minimum Gasteiger partial charge on any atom is -0.388 e. The quantitative estimate of drug-likeness (QED) is 0.826. The molecule has 0 aliphatic heterocycles. The van der Waals surface area contributed by atoms with Gasteiger partial charge in [0, 0.05) is 17.5 Å². The summed E-state index contributed by atoms with van der Waals surface area (Å²) in [5, 5.41) is 10.3. The van der Waals surface area contributed by atoms with Gasteiger partial charge in [0.2, 0.25) is 0 Å². The van der Waals surface area contributed by atoms with Crippen molar-refractivity contribution in [3.8, 4) is 0 Å². The van der Waals surface area contributed by atoms with Gasteiger partial charge in [0.15, 0.2) is 11.6 Å². The van der Waals surface area contributed by atoms with E-state index in [1.807, 2.05) is 37.3 Å². The molecule has 106 valence electrons. The molecule has 0 aliphatic carbocycles. The van der Waals surface area contributed by atoms with Crippen LogP contribution in [0, 0.1) is 17.5 Å². The topological polar surface area (TPSA) is 20.2 Å². The van der Waals surface area contributed by atoms with Gasteiger partial charge in [0.1, 0.15) is 5.82 Å². The fourth-order valence-electron chi connectivity index (χ4n) is 2.32. The van der Waals surface area contributed by atoms with E-state index in [1.54, 1.807) is 0 Å². The van der Waals surface area contributed by atoms with E-state index >= 15 is 0 Å². The normalized spacial score (nSPS) is 14.1. The highest BCUT2D eigenvalue weighted by molar-refractivity contribution is 5.28. The number of rotatable bonds is 4. The minimum atomic E-state index is -1.26. The molecule has 0 amide bonds. The molecule has 0 saturated heterocycles. The molecule has 1 N–H and O–H groups in total. The third-order valence-corrected chi connectivity index (χ3v) is 3.41. The molecule has 1 nitrogen and oxygen atoms in total. The van der Waals surface area contributed by atoms with Crippen LogP contribution >= 0.6 is 0 Å². The average molecular weight is 280 g/mol. The van der Waals surface area contributed by atoms with E-state index < -0.39 is 23.6 Å². The zero-order valence-corrected chi connectivity index (χ0v) is 11.0. The lowest BCUT2D eigenvalue weighted by atomic mass is 9.87. The third kappa shape index (κ3) is 2.85. The van der Waals surface area contributed by atoms with Crippen molar-refractivity contribution in [3.63, 3.8) is 0 Å². The number of aliphatic hydroxyl groups excluding tert-OH is 1. The lowest BCUT2D eigenvalue weighted by Gasteiger charge is -2.23. The Morgan fingerprint density at radius 1 is 0.950 bits per heavy atom. The Morgan fingerprint density at radius 2 is 1.55 bits per heavy atom. The second kappa shape index (κ2) is 6.09. The van der Waals surface area contributed by atoms with Crippen LogP contribution in [-0.2, 0) is 0 Å². The van der Waals surface area contributed by atoms with E-state index in [1.165, 1.54) is 0 Å². The summed E-state index contributed by atoms with van der Waals surface area (Å²) in [6.45, 7) is 1.85. The predicted molar refractivity (Wildman–Crippen MR) is 70.7 cm³/mol. The van der Waals surface area contributed by atoms with Crippen LogP contribution in [0.3, 0.4) is 0 Å². The van der Waals surface area contributed by atoms with Crippen LogP contribution in [-0.4, -0.2) is 5.11 Å². The van der Waals surface area contributed by atoms with E-state index in [4.69, 9.17) is 0 Å². The van der Waals surface area contributed by atoms with E-state index in [2.05, 4.69) is 0 Å². The molecular formula is C16H15F3O. The Kier molecular flexibility index (Phi) is 4.45. The van der Waals surface area contributed by atoms with Crippen LogP contribution in [0.1, 0.15) is 36.5 Å². The van der Waals surface area contributed by atoms with Crippen LogP contribution in [0.2, 0.25) is 0 Å². The van der Waals surface area contributed by atoms with Crippen molar-refractivity contribution in [2.45, 2.75) is 25.4 Å². The Bertz CT molecular complexity index is 584. The zero-order chi connectivity index (χ0) is 14.7. The van der Waals surface area contributed by atoms with E-state index in [9.17, 15) is 18.3 Å². The molecule has 20 heavy (non-hydrogen) atoms. The first kappa shape index (κ1) is 14.6. The number of halogens is 3. The second-order valence-corrected chi connectivity index (χ2v) is 4.66. The van der Waals surface area contributed by atoms with Crippen LogP contribution in [0.15, 0.2) is 42.5 Å². The molecule has 0 fully saturated rings. The van der Waals surface area contributed by atoms with E-state index in [-0.39, 0.29) is 11.5 Å². The van der Waals surface area contributed by atoms with Gasteiger partial charge in [0.25, 0.3) is 0 Å². The summed E-state index contributed by atoms with van der Waals surface area (Å²) in [4.78, 5) is 0. The molecule has 0 spiro atoms. The van der Waals surface area contributed by atoms with Crippen molar-refractivity contribution in [2.75, 3.05) is 0 Å². The molecule has 0 radical (unpaired) electrons. The van der Waals surface area contributed by atoms with Crippen molar-refractivity contribution >= 4 is 0 Å². The second-order valence-electron chi connectivity index (χ2n) is 4.66. The van der Waals surface area contributed by atoms with Gasteiger partial charge in [-0.25, -0.2) is 13.2 Å². The molecule has 0 aromatic heterocycles. The molecule has 0 aliphatic rings. The summed E-state index contributed by atoms with van der Waals surface area (Å²) in [7, 11) is 0. The van der Waals surface area contributed by atoms with Crippen LogP contribution in [0.25, 0.3) is 0 Å². The van der Waals surface area contributed by atoms with Gasteiger partial charge in [-0.1, -0.05) is 37.3 Å². The molecule has 2 rings (SSSR count). The molecular weight excluding hydrogens is 265 g/mol. The molecule has 0 saturated carbocycles. The minimum absolute atomic E-state index is 0.223. The van der Waals surface area contributed by atoms with Crippen LogP contribution in [0.4, 0.5) is 13.2 Å². The zero-order valence-electron chi connectivity index (χ0n) is 11.0. The smallest absolute Gasteiger partial charge is 0.161 e. The summed E-state index contributed by atoms with van der Waals surface area (Å²) < 4.78 is 39.9. The largest absolute Gasteiger partial charge is 0.388 e. The summed E-state index contributed by atoms with van der Waals surface area (Å²) in [6, 6.07) is 10.3. The van der Waals surface area contributed by atoms with Gasteiger partial charge in [-0.3, -0.25) is 0 Å². The summed E-state index contributed by atoms with van der Waals surface area (Å²) in [5.74, 6) is -3.74. The van der Waals surface area contributed by atoms with Gasteiger partial charge in [0.05, 0.1) is 6.10 Å². The van der Waals surface area contributed by atoms with Gasteiger partial charge in [-0.05, 0) is 18.1 Å². The van der Waals surface area contributed by atoms with Crippen molar-refractivity contribution in [2.24, 2.45) is 0 Å². The molecule has 2 unspecified atom stereocenters. The summed E-state index contributed by atoms with van der Waals surface area (Å²) >= 11 is 0. The SMILES string of the molecule is CCC(c1ccccc1)C(O)c1cc(F)c(F)cc1F. The van der Waals surface area contributed by atoms with E-state index in [0.29, 0.717) is 12.5 Å². The van der Waals surface area contributed by atoms with Crippen molar-refractivity contribution in [1.29, 1.82) is 0 Å². The van der Waals surface area contributed by atoms with E-state index in [0.717, 1.165) is 11.6 Å². The first-order valence-corrected chi connectivity index (χ1v) is 6.42. The first-order chi connectivity index (χ1) is 9.54. The highest BCUT2D eigenvalue weighted by Crippen LogP contribution is 2.35. The molecule has 2 atom stereocenters. The standard InChI is InChI=1S/C16H15F3O/c1-2-11(10-6-4-3-5-7-10)16(20)12-8-14(18)15(19)9-13(12)17/h3-9,11,16,20H,2H2,1H3. The Morgan fingerprint density at radius 3 is 2.15 bits per heavy atom. The maximum absolute atomic E-state index is 13.7.